The van der Waals surface area contributed by atoms with Crippen LogP contribution in [-0.2, 0) is 4.79 Å². The highest BCUT2D eigenvalue weighted by Crippen LogP contribution is 2.16. The number of carbonyl (C=O) groups is 1. The Morgan fingerprint density at radius 2 is 2.17 bits per heavy atom. The van der Waals surface area contributed by atoms with E-state index >= 15 is 0 Å². The molecular weight excluding hydrogens is 248 g/mol. The highest BCUT2D eigenvalue weighted by Gasteiger charge is 2.10. The van der Waals surface area contributed by atoms with E-state index in [0.717, 1.165) is 17.3 Å². The molecule has 0 atom stereocenters. The lowest BCUT2D eigenvalue weighted by Crippen LogP contribution is -2.21. The van der Waals surface area contributed by atoms with Gasteiger partial charge in [0.15, 0.2) is 5.82 Å². The monoisotopic (exact) mass is 266 g/mol. The van der Waals surface area contributed by atoms with E-state index in [0.29, 0.717) is 5.82 Å². The predicted octanol–water partition coefficient (Wildman–Crippen LogP) is 1.62. The highest BCUT2D eigenvalue weighted by atomic mass is 32.2. The molecule has 0 aliphatic carbocycles. The summed E-state index contributed by atoms with van der Waals surface area (Å²) < 4.78 is 0. The molecule has 2 rings (SSSR count). The molecule has 1 N–H and O–H groups in total. The molecule has 0 saturated carbocycles. The lowest BCUT2D eigenvalue weighted by atomic mass is 10.4. The van der Waals surface area contributed by atoms with Gasteiger partial charge in [0.25, 0.3) is 0 Å². The van der Waals surface area contributed by atoms with Crippen LogP contribution in [0.1, 0.15) is 19.8 Å². The molecule has 18 heavy (non-hydrogen) atoms. The molecule has 0 bridgehead atoms. The molecule has 6 heteroatoms. The maximum absolute atomic E-state index is 10.8. The fraction of sp³-hybridized carbons (Fsp3) is 0.583. The molecule has 98 valence electrons. The van der Waals surface area contributed by atoms with Gasteiger partial charge in [0.05, 0.1) is 0 Å². The number of likely N-dealkylation sites (tertiary alicyclic amines) is 1. The molecule has 1 aliphatic heterocycles. The molecule has 1 amide bonds. The van der Waals surface area contributed by atoms with Gasteiger partial charge >= 0.3 is 0 Å². The van der Waals surface area contributed by atoms with Crippen molar-refractivity contribution in [2.45, 2.75) is 24.8 Å². The van der Waals surface area contributed by atoms with Crippen LogP contribution in [0.15, 0.2) is 17.2 Å². The van der Waals surface area contributed by atoms with Crippen molar-refractivity contribution in [2.24, 2.45) is 0 Å². The molecule has 0 aromatic carbocycles. The molecule has 5 nitrogen and oxygen atoms in total. The van der Waals surface area contributed by atoms with Crippen LogP contribution < -0.4 is 5.32 Å². The number of amides is 1. The van der Waals surface area contributed by atoms with E-state index in [2.05, 4.69) is 20.4 Å². The van der Waals surface area contributed by atoms with Crippen molar-refractivity contribution in [3.8, 4) is 0 Å². The van der Waals surface area contributed by atoms with Crippen molar-refractivity contribution in [1.29, 1.82) is 0 Å². The van der Waals surface area contributed by atoms with Crippen LogP contribution in [0, 0.1) is 0 Å². The van der Waals surface area contributed by atoms with E-state index < -0.39 is 0 Å². The van der Waals surface area contributed by atoms with Crippen LogP contribution in [0.25, 0.3) is 0 Å². The summed E-state index contributed by atoms with van der Waals surface area (Å²) in [5.41, 5.74) is 0. The summed E-state index contributed by atoms with van der Waals surface area (Å²) in [4.78, 5) is 13.3. The minimum absolute atomic E-state index is 0.126. The Labute approximate surface area is 111 Å². The maximum Gasteiger partial charge on any atom is 0.222 e. The topological polar surface area (TPSA) is 58.1 Å². The third-order valence-corrected chi connectivity index (χ3v) is 3.70. The Morgan fingerprint density at radius 1 is 1.39 bits per heavy atom. The zero-order chi connectivity index (χ0) is 12.8. The van der Waals surface area contributed by atoms with Gasteiger partial charge in [-0.3, -0.25) is 4.79 Å². The molecule has 0 unspecified atom stereocenters. The first-order valence-electron chi connectivity index (χ1n) is 6.20. The van der Waals surface area contributed by atoms with Gasteiger partial charge < -0.3 is 10.2 Å². The van der Waals surface area contributed by atoms with Gasteiger partial charge in [-0.15, -0.1) is 22.0 Å². The molecule has 1 aromatic rings. The fourth-order valence-electron chi connectivity index (χ4n) is 1.93. The summed E-state index contributed by atoms with van der Waals surface area (Å²) in [5.74, 6) is 1.42. The number of anilines is 1. The normalized spacial score (nSPS) is 15.8. The van der Waals surface area contributed by atoms with Crippen LogP contribution in [0.5, 0.6) is 0 Å². The number of carbonyl (C=O) groups excluding carboxylic acids is 1. The Balaban J connectivity index is 1.73. The van der Waals surface area contributed by atoms with Crippen LogP contribution >= 0.6 is 11.8 Å². The Hall–Kier alpha value is -1.14. The van der Waals surface area contributed by atoms with Crippen molar-refractivity contribution in [3.63, 3.8) is 0 Å². The Bertz CT molecular complexity index is 390. The second kappa shape index (κ2) is 6.70. The summed E-state index contributed by atoms with van der Waals surface area (Å²) in [5, 5.41) is 11.5. The van der Waals surface area contributed by atoms with E-state index in [9.17, 15) is 4.79 Å². The van der Waals surface area contributed by atoms with Crippen molar-refractivity contribution in [1.82, 2.24) is 15.1 Å². The van der Waals surface area contributed by atoms with Crippen LogP contribution in [0.4, 0.5) is 5.82 Å². The second-order valence-electron chi connectivity index (χ2n) is 4.34. The van der Waals surface area contributed by atoms with E-state index in [1.165, 1.54) is 32.9 Å². The number of aromatic nitrogens is 2. The number of hydrogen-bond donors (Lipinski definition) is 1. The second-order valence-corrected chi connectivity index (χ2v) is 5.45. The minimum Gasteiger partial charge on any atom is -0.309 e. The van der Waals surface area contributed by atoms with Gasteiger partial charge in [-0.05, 0) is 38.1 Å². The van der Waals surface area contributed by atoms with Crippen molar-refractivity contribution < 1.29 is 4.79 Å². The first-order chi connectivity index (χ1) is 8.74. The quantitative estimate of drug-likeness (QED) is 0.821. The molecule has 0 radical (unpaired) electrons. The first kappa shape index (κ1) is 13.3. The largest absolute Gasteiger partial charge is 0.309 e. The van der Waals surface area contributed by atoms with Gasteiger partial charge in [0.2, 0.25) is 5.91 Å². The third-order valence-electron chi connectivity index (χ3n) is 2.80. The predicted molar refractivity (Wildman–Crippen MR) is 72.7 cm³/mol. The SMILES string of the molecule is CC(=O)Nc1ccc(SCCN2CCCC2)nn1. The zero-order valence-corrected chi connectivity index (χ0v) is 11.4. The standard InChI is InChI=1S/C12H18N4OS/c1-10(17)13-11-4-5-12(15-14-11)18-9-8-16-6-2-3-7-16/h4-5H,2-3,6-9H2,1H3,(H,13,14,17). The molecule has 1 saturated heterocycles. The van der Waals surface area contributed by atoms with Crippen LogP contribution in [0.2, 0.25) is 0 Å². The summed E-state index contributed by atoms with van der Waals surface area (Å²) in [7, 11) is 0. The molecule has 1 fully saturated rings. The molecule has 1 aromatic heterocycles. The average molecular weight is 266 g/mol. The molecule has 2 heterocycles. The molecular formula is C12H18N4OS. The van der Waals surface area contributed by atoms with Gasteiger partial charge in [-0.1, -0.05) is 0 Å². The van der Waals surface area contributed by atoms with Gasteiger partial charge in [-0.2, -0.15) is 0 Å². The number of nitrogens with zero attached hydrogens (tertiary/aromatic N) is 3. The van der Waals surface area contributed by atoms with Crippen LogP contribution in [-0.4, -0.2) is 46.4 Å². The number of rotatable bonds is 5. The van der Waals surface area contributed by atoms with E-state index in [4.69, 9.17) is 0 Å². The zero-order valence-electron chi connectivity index (χ0n) is 10.6. The number of nitrogens with one attached hydrogen (secondary N) is 1. The van der Waals surface area contributed by atoms with Gasteiger partial charge in [0, 0.05) is 19.2 Å². The van der Waals surface area contributed by atoms with Crippen molar-refractivity contribution in [3.05, 3.63) is 12.1 Å². The third kappa shape index (κ3) is 4.27. The highest BCUT2D eigenvalue weighted by molar-refractivity contribution is 7.99. The average Bonchev–Trinajstić information content (AvgIpc) is 2.84. The summed E-state index contributed by atoms with van der Waals surface area (Å²) in [6, 6.07) is 3.68. The first-order valence-corrected chi connectivity index (χ1v) is 7.19. The maximum atomic E-state index is 10.8. The van der Waals surface area contributed by atoms with Gasteiger partial charge in [0.1, 0.15) is 5.03 Å². The summed E-state index contributed by atoms with van der Waals surface area (Å²) in [6.07, 6.45) is 2.66. The lowest BCUT2D eigenvalue weighted by Gasteiger charge is -2.13. The summed E-state index contributed by atoms with van der Waals surface area (Å²) in [6.45, 7) is 5.03. The van der Waals surface area contributed by atoms with E-state index in [1.807, 2.05) is 6.07 Å². The minimum atomic E-state index is -0.126. The molecule has 0 spiro atoms. The van der Waals surface area contributed by atoms with Gasteiger partial charge in [-0.25, -0.2) is 0 Å². The van der Waals surface area contributed by atoms with Crippen LogP contribution in [0.3, 0.4) is 0 Å². The van der Waals surface area contributed by atoms with Crippen molar-refractivity contribution >= 4 is 23.5 Å². The lowest BCUT2D eigenvalue weighted by molar-refractivity contribution is -0.114. The fourth-order valence-corrected chi connectivity index (χ4v) is 2.75. The van der Waals surface area contributed by atoms with Crippen molar-refractivity contribution in [2.75, 3.05) is 30.7 Å². The Morgan fingerprint density at radius 3 is 2.78 bits per heavy atom. The smallest absolute Gasteiger partial charge is 0.222 e. The number of hydrogen-bond acceptors (Lipinski definition) is 5. The van der Waals surface area contributed by atoms with E-state index in [1.54, 1.807) is 17.8 Å². The summed E-state index contributed by atoms with van der Waals surface area (Å²) >= 11 is 1.71. The Kier molecular flexibility index (Phi) is 4.95. The number of thioether (sulfide) groups is 1. The molecule has 1 aliphatic rings. The van der Waals surface area contributed by atoms with E-state index in [-0.39, 0.29) is 5.91 Å².